The highest BCUT2D eigenvalue weighted by atomic mass is 32.2. The first kappa shape index (κ1) is 25.2. The molecule has 2 unspecified atom stereocenters. The number of hydrogen-bond acceptors (Lipinski definition) is 4. The topological polar surface area (TPSA) is 53.0 Å². The number of anilines is 1. The fraction of sp³-hybridized carbons (Fsp3) is 0.414. The Bertz CT molecular complexity index is 1130. The first-order valence-corrected chi connectivity index (χ1v) is 13.5. The Morgan fingerprint density at radius 1 is 1.06 bits per heavy atom. The third-order valence-corrected chi connectivity index (χ3v) is 7.76. The van der Waals surface area contributed by atoms with E-state index < -0.39 is 0 Å². The minimum absolute atomic E-state index is 0.107. The van der Waals surface area contributed by atoms with E-state index in [1.807, 2.05) is 54.3 Å². The molecule has 35 heavy (non-hydrogen) atoms. The van der Waals surface area contributed by atoms with Crippen LogP contribution < -0.4 is 4.90 Å². The van der Waals surface area contributed by atoms with Crippen LogP contribution >= 0.6 is 11.8 Å². The quantitative estimate of drug-likeness (QED) is 0.458. The van der Waals surface area contributed by atoms with Crippen LogP contribution in [-0.4, -0.2) is 39.7 Å². The number of nitrogens with zero attached hydrogens (tertiary/aromatic N) is 3. The number of carbonyl (C=O) groups is 2. The number of amidine groups is 1. The maximum absolute atomic E-state index is 13.5. The van der Waals surface area contributed by atoms with E-state index in [0.717, 1.165) is 36.1 Å². The van der Waals surface area contributed by atoms with Crippen molar-refractivity contribution in [3.8, 4) is 0 Å². The van der Waals surface area contributed by atoms with Crippen molar-refractivity contribution in [2.75, 3.05) is 10.7 Å². The molecule has 2 heterocycles. The Hall–Kier alpha value is -2.86. The molecular weight excluding hydrogens is 454 g/mol. The lowest BCUT2D eigenvalue weighted by Crippen LogP contribution is -2.48. The molecule has 1 saturated heterocycles. The molecule has 0 saturated carbocycles. The predicted molar refractivity (Wildman–Crippen MR) is 147 cm³/mol. The lowest BCUT2D eigenvalue weighted by molar-refractivity contribution is -0.134. The number of rotatable bonds is 5. The summed E-state index contributed by atoms with van der Waals surface area (Å²) in [6, 6.07) is 16.6. The molecule has 2 amide bonds. The number of aliphatic imine (C=N–C) groups is 1. The maximum Gasteiger partial charge on any atom is 0.283 e. The lowest BCUT2D eigenvalue weighted by Gasteiger charge is -2.39. The van der Waals surface area contributed by atoms with Gasteiger partial charge in [-0.3, -0.25) is 14.5 Å². The van der Waals surface area contributed by atoms with Crippen LogP contribution in [-0.2, 0) is 9.59 Å². The highest BCUT2D eigenvalue weighted by Gasteiger charge is 2.34. The van der Waals surface area contributed by atoms with E-state index in [1.54, 1.807) is 4.90 Å². The number of thioether (sulfide) groups is 1. The minimum Gasteiger partial charge on any atom is -0.337 e. The average Bonchev–Trinajstić information content (AvgIpc) is 3.13. The smallest absolute Gasteiger partial charge is 0.283 e. The molecule has 6 heteroatoms. The van der Waals surface area contributed by atoms with Crippen molar-refractivity contribution in [2.45, 2.75) is 71.9 Å². The van der Waals surface area contributed by atoms with Gasteiger partial charge in [0.1, 0.15) is 5.70 Å². The Labute approximate surface area is 213 Å². The van der Waals surface area contributed by atoms with Crippen LogP contribution in [0.2, 0.25) is 0 Å². The molecule has 1 fully saturated rings. The highest BCUT2D eigenvalue weighted by Crippen LogP contribution is 2.31. The predicted octanol–water partition coefficient (Wildman–Crippen LogP) is 6.38. The van der Waals surface area contributed by atoms with Gasteiger partial charge in [0.25, 0.3) is 5.91 Å². The largest absolute Gasteiger partial charge is 0.337 e. The summed E-state index contributed by atoms with van der Waals surface area (Å²) >= 11 is 1.34. The van der Waals surface area contributed by atoms with Crippen molar-refractivity contribution in [3.63, 3.8) is 0 Å². The summed E-state index contributed by atoms with van der Waals surface area (Å²) in [5, 5.41) is 0.551. The van der Waals surface area contributed by atoms with Gasteiger partial charge in [0.05, 0.1) is 11.4 Å². The van der Waals surface area contributed by atoms with Gasteiger partial charge in [0.2, 0.25) is 5.91 Å². The van der Waals surface area contributed by atoms with E-state index in [4.69, 9.17) is 4.99 Å². The maximum atomic E-state index is 13.5. The Balaban J connectivity index is 1.59. The van der Waals surface area contributed by atoms with E-state index in [2.05, 4.69) is 39.8 Å². The molecule has 0 aliphatic carbocycles. The number of piperidine rings is 1. The van der Waals surface area contributed by atoms with E-state index in [1.165, 1.54) is 17.3 Å². The van der Waals surface area contributed by atoms with E-state index in [0.29, 0.717) is 16.8 Å². The van der Waals surface area contributed by atoms with Gasteiger partial charge < -0.3 is 4.90 Å². The van der Waals surface area contributed by atoms with E-state index in [-0.39, 0.29) is 29.7 Å². The zero-order valence-corrected chi connectivity index (χ0v) is 22.1. The fourth-order valence-electron chi connectivity index (χ4n) is 4.76. The summed E-state index contributed by atoms with van der Waals surface area (Å²) in [5.41, 5.74) is 4.46. The van der Waals surface area contributed by atoms with Gasteiger partial charge in [-0.05, 0) is 75.3 Å². The van der Waals surface area contributed by atoms with Gasteiger partial charge in [-0.25, -0.2) is 4.99 Å². The lowest BCUT2D eigenvalue weighted by atomic mass is 9.98. The Kier molecular flexibility index (Phi) is 7.80. The van der Waals surface area contributed by atoms with Crippen LogP contribution in [0.5, 0.6) is 0 Å². The summed E-state index contributed by atoms with van der Waals surface area (Å²) in [6.45, 7) is 10.6. The van der Waals surface area contributed by atoms with Gasteiger partial charge in [0.15, 0.2) is 5.17 Å². The summed E-state index contributed by atoms with van der Waals surface area (Å²) in [5.74, 6) is 0.650. The van der Waals surface area contributed by atoms with E-state index >= 15 is 0 Å². The number of benzene rings is 2. The van der Waals surface area contributed by atoms with Crippen molar-refractivity contribution < 1.29 is 9.59 Å². The Morgan fingerprint density at radius 3 is 2.29 bits per heavy atom. The fourth-order valence-corrected chi connectivity index (χ4v) is 5.65. The molecule has 4 rings (SSSR count). The van der Waals surface area contributed by atoms with Crippen molar-refractivity contribution in [1.29, 1.82) is 0 Å². The zero-order valence-electron chi connectivity index (χ0n) is 21.3. The molecule has 0 radical (unpaired) electrons. The molecule has 2 aromatic carbocycles. The van der Waals surface area contributed by atoms with Crippen molar-refractivity contribution in [1.82, 2.24) is 4.90 Å². The van der Waals surface area contributed by atoms with Crippen LogP contribution in [0, 0.1) is 6.92 Å². The molecule has 0 aromatic heterocycles. The van der Waals surface area contributed by atoms with Gasteiger partial charge >= 0.3 is 0 Å². The van der Waals surface area contributed by atoms with Gasteiger partial charge in [-0.15, -0.1) is 0 Å². The molecule has 0 spiro atoms. The molecule has 184 valence electrons. The van der Waals surface area contributed by atoms with Crippen LogP contribution in [0.15, 0.2) is 59.2 Å². The second-order valence-corrected chi connectivity index (χ2v) is 10.9. The number of hydrogen-bond donors (Lipinski definition) is 0. The third-order valence-electron chi connectivity index (χ3n) is 6.83. The molecule has 0 bridgehead atoms. The van der Waals surface area contributed by atoms with Crippen LogP contribution in [0.4, 0.5) is 5.69 Å². The van der Waals surface area contributed by atoms with Crippen molar-refractivity contribution in [3.05, 3.63) is 70.9 Å². The summed E-state index contributed by atoms with van der Waals surface area (Å²) < 4.78 is 0. The molecule has 2 aromatic rings. The van der Waals surface area contributed by atoms with Gasteiger partial charge in [0, 0.05) is 12.1 Å². The minimum atomic E-state index is -0.170. The molecule has 2 aliphatic rings. The number of carbonyl (C=O) groups excluding carboxylic acids is 2. The first-order chi connectivity index (χ1) is 16.7. The van der Waals surface area contributed by atoms with E-state index in [9.17, 15) is 9.59 Å². The highest BCUT2D eigenvalue weighted by molar-refractivity contribution is 8.14. The van der Waals surface area contributed by atoms with Crippen molar-refractivity contribution in [2.24, 2.45) is 4.99 Å². The summed E-state index contributed by atoms with van der Waals surface area (Å²) in [7, 11) is 0. The molecular formula is C29H35N3O2S. The summed E-state index contributed by atoms with van der Waals surface area (Å²) in [6.07, 6.45) is 5.07. The molecule has 2 atom stereocenters. The number of aryl methyl sites for hydroxylation is 1. The number of amides is 2. The molecule has 2 aliphatic heterocycles. The second kappa shape index (κ2) is 10.8. The standard InChI is InChI=1S/C29H35N3O2S/c1-19(2)24-13-11-23(12-14-24)17-26-28(34)32(25-15-9-20(3)10-16-25)29(30-26)35-18-27(33)31-21(4)7-6-8-22(31)5/h9-17,19,21-22H,6-8,18H2,1-5H3. The monoisotopic (exact) mass is 489 g/mol. The van der Waals surface area contributed by atoms with Gasteiger partial charge in [-0.2, -0.15) is 0 Å². The normalized spacial score (nSPS) is 21.7. The average molecular weight is 490 g/mol. The van der Waals surface area contributed by atoms with Crippen LogP contribution in [0.1, 0.15) is 69.6 Å². The van der Waals surface area contributed by atoms with Crippen molar-refractivity contribution >= 4 is 40.5 Å². The third kappa shape index (κ3) is 5.69. The summed E-state index contributed by atoms with van der Waals surface area (Å²) in [4.78, 5) is 35.0. The SMILES string of the molecule is Cc1ccc(N2C(=O)C(=Cc3ccc(C(C)C)cc3)N=C2SCC(=O)N2C(C)CCCC2C)cc1. The molecule has 0 N–H and O–H groups in total. The first-order valence-electron chi connectivity index (χ1n) is 12.5. The van der Waals surface area contributed by atoms with Crippen LogP contribution in [0.3, 0.4) is 0 Å². The Morgan fingerprint density at radius 2 is 1.69 bits per heavy atom. The van der Waals surface area contributed by atoms with Gasteiger partial charge in [-0.1, -0.05) is 67.6 Å². The van der Waals surface area contributed by atoms with Crippen LogP contribution in [0.25, 0.3) is 6.08 Å². The second-order valence-electron chi connectivity index (χ2n) is 9.94. The zero-order chi connectivity index (χ0) is 25.1. The molecule has 5 nitrogen and oxygen atoms in total. The number of likely N-dealkylation sites (tertiary alicyclic amines) is 1.